The van der Waals surface area contributed by atoms with Gasteiger partial charge in [0, 0.05) is 5.92 Å². The second-order valence-corrected chi connectivity index (χ2v) is 9.59. The molecule has 26 heavy (non-hydrogen) atoms. The lowest BCUT2D eigenvalue weighted by molar-refractivity contribution is -0.271. The lowest BCUT2D eigenvalue weighted by atomic mass is 9.71. The molecule has 1 aliphatic heterocycles. The lowest BCUT2D eigenvalue weighted by Gasteiger charge is -2.33. The van der Waals surface area contributed by atoms with Crippen LogP contribution in [0.5, 0.6) is 0 Å². The fraction of sp³-hybridized carbons (Fsp3) is 0.900. The number of rotatable bonds is 8. The molecular weight excluding hydrogens is 336 g/mol. The van der Waals surface area contributed by atoms with E-state index in [0.29, 0.717) is 11.8 Å². The molecule has 1 saturated heterocycles. The van der Waals surface area contributed by atoms with Gasteiger partial charge >= 0.3 is 17.7 Å². The Balaban J connectivity index is 2.71. The Morgan fingerprint density at radius 2 is 1.38 bits per heavy atom. The van der Waals surface area contributed by atoms with Gasteiger partial charge in [-0.2, -0.15) is 9.78 Å². The van der Waals surface area contributed by atoms with Gasteiger partial charge in [0.05, 0.1) is 5.92 Å². The Labute approximate surface area is 157 Å². The first-order chi connectivity index (χ1) is 11.8. The molecule has 0 bridgehead atoms. The van der Waals surface area contributed by atoms with Gasteiger partial charge in [-0.3, -0.25) is 0 Å². The van der Waals surface area contributed by atoms with E-state index in [1.165, 1.54) is 0 Å². The molecule has 1 fully saturated rings. The Morgan fingerprint density at radius 1 is 0.885 bits per heavy atom. The van der Waals surface area contributed by atoms with Crippen molar-refractivity contribution >= 4 is 11.9 Å². The monoisotopic (exact) mass is 372 g/mol. The maximum absolute atomic E-state index is 12.6. The van der Waals surface area contributed by atoms with Crippen molar-refractivity contribution < 1.29 is 29.1 Å². The highest BCUT2D eigenvalue weighted by atomic mass is 17.4. The molecule has 152 valence electrons. The Kier molecular flexibility index (Phi) is 7.66. The van der Waals surface area contributed by atoms with Gasteiger partial charge in [0.25, 0.3) is 0 Å². The summed E-state index contributed by atoms with van der Waals surface area (Å²) in [4.78, 5) is 44.5. The summed E-state index contributed by atoms with van der Waals surface area (Å²) in [7, 11) is 0. The zero-order valence-electron chi connectivity index (χ0n) is 17.8. The van der Waals surface area contributed by atoms with Crippen LogP contribution in [-0.4, -0.2) is 17.7 Å². The Hall–Kier alpha value is -1.14. The van der Waals surface area contributed by atoms with Crippen LogP contribution in [0.3, 0.4) is 0 Å². The van der Waals surface area contributed by atoms with Gasteiger partial charge in [-0.25, -0.2) is 19.4 Å². The third-order valence-corrected chi connectivity index (χ3v) is 4.82. The van der Waals surface area contributed by atoms with Crippen LogP contribution >= 0.6 is 0 Å². The van der Waals surface area contributed by atoms with Gasteiger partial charge < -0.3 is 0 Å². The van der Waals surface area contributed by atoms with Crippen LogP contribution in [0.25, 0.3) is 0 Å². The molecule has 0 aromatic heterocycles. The molecule has 6 heteroatoms. The first kappa shape index (κ1) is 22.9. The molecule has 3 atom stereocenters. The van der Waals surface area contributed by atoms with E-state index in [1.807, 2.05) is 48.5 Å². The maximum atomic E-state index is 12.6. The Bertz CT molecular complexity index is 487. The van der Waals surface area contributed by atoms with E-state index in [4.69, 9.17) is 19.6 Å². The van der Waals surface area contributed by atoms with E-state index in [9.17, 15) is 9.59 Å². The zero-order valence-corrected chi connectivity index (χ0v) is 17.8. The highest BCUT2D eigenvalue weighted by molar-refractivity contribution is 5.81. The van der Waals surface area contributed by atoms with Gasteiger partial charge in [0.2, 0.25) is 0 Å². The molecule has 3 unspecified atom stereocenters. The molecule has 0 radical (unpaired) electrons. The molecule has 0 amide bonds. The average molecular weight is 373 g/mol. The topological polar surface area (TPSA) is 77.7 Å². The van der Waals surface area contributed by atoms with E-state index >= 15 is 0 Å². The molecule has 0 spiro atoms. The van der Waals surface area contributed by atoms with Gasteiger partial charge in [0.15, 0.2) is 0 Å². The minimum atomic E-state index is -1.45. The lowest BCUT2D eigenvalue weighted by Crippen LogP contribution is -2.39. The maximum Gasteiger partial charge on any atom is 0.420 e. The van der Waals surface area contributed by atoms with Crippen LogP contribution in [0.2, 0.25) is 0 Å². The highest BCUT2D eigenvalue weighted by Crippen LogP contribution is 2.42. The van der Waals surface area contributed by atoms with Crippen molar-refractivity contribution in [3.63, 3.8) is 0 Å². The summed E-state index contributed by atoms with van der Waals surface area (Å²) in [5.41, 5.74) is -0.313. The standard InChI is InChI=1S/C20H36O6/c1-12(2)10-14(5)16(19(7,8)9)17(21)23-24-18(22)20(25-26-20)15(6)11-13(3)4/h12-16H,10-11H2,1-9H3. The summed E-state index contributed by atoms with van der Waals surface area (Å²) < 4.78 is 0. The van der Waals surface area contributed by atoms with Crippen LogP contribution in [-0.2, 0) is 29.1 Å². The highest BCUT2D eigenvalue weighted by Gasteiger charge is 2.63. The predicted octanol–water partition coefficient (Wildman–Crippen LogP) is 4.67. The third-order valence-electron chi connectivity index (χ3n) is 4.82. The minimum absolute atomic E-state index is 0.100. The van der Waals surface area contributed by atoms with Crippen LogP contribution in [0.15, 0.2) is 0 Å². The molecule has 0 aromatic carbocycles. The number of carbonyl (C=O) groups excluding carboxylic acids is 2. The van der Waals surface area contributed by atoms with E-state index in [-0.39, 0.29) is 23.2 Å². The van der Waals surface area contributed by atoms with Crippen LogP contribution in [0.1, 0.15) is 75.2 Å². The fourth-order valence-electron chi connectivity index (χ4n) is 3.85. The SMILES string of the molecule is CC(C)CC(C)C(C(=O)OOC(=O)C1(C(C)CC(C)C)OO1)C(C)(C)C. The first-order valence-electron chi connectivity index (χ1n) is 9.60. The van der Waals surface area contributed by atoms with Gasteiger partial charge in [-0.1, -0.05) is 62.3 Å². The second kappa shape index (κ2) is 8.70. The summed E-state index contributed by atoms with van der Waals surface area (Å²) in [6, 6.07) is 0. The van der Waals surface area contributed by atoms with E-state index in [1.54, 1.807) is 0 Å². The number of hydrogen-bond donors (Lipinski definition) is 0. The predicted molar refractivity (Wildman–Crippen MR) is 97.3 cm³/mol. The molecular formula is C20H36O6. The van der Waals surface area contributed by atoms with Gasteiger partial charge in [0.1, 0.15) is 0 Å². The Morgan fingerprint density at radius 3 is 1.77 bits per heavy atom. The molecule has 0 saturated carbocycles. The molecule has 1 aliphatic rings. The summed E-state index contributed by atoms with van der Waals surface area (Å²) in [6.07, 6.45) is 1.60. The molecule has 0 N–H and O–H groups in total. The average Bonchev–Trinajstić information content (AvgIpc) is 3.23. The summed E-state index contributed by atoms with van der Waals surface area (Å²) in [5, 5.41) is 0. The molecule has 1 heterocycles. The van der Waals surface area contributed by atoms with Gasteiger partial charge in [-0.05, 0) is 36.0 Å². The first-order valence-corrected chi connectivity index (χ1v) is 9.60. The van der Waals surface area contributed by atoms with E-state index in [0.717, 1.165) is 12.8 Å². The van der Waals surface area contributed by atoms with Crippen LogP contribution < -0.4 is 0 Å². The molecule has 1 rings (SSSR count). The van der Waals surface area contributed by atoms with Crippen molar-refractivity contribution in [2.75, 3.05) is 0 Å². The number of carbonyl (C=O) groups is 2. The van der Waals surface area contributed by atoms with Crippen molar-refractivity contribution in [1.29, 1.82) is 0 Å². The van der Waals surface area contributed by atoms with Crippen LogP contribution in [0, 0.1) is 35.0 Å². The van der Waals surface area contributed by atoms with E-state index < -0.39 is 17.7 Å². The molecule has 0 aliphatic carbocycles. The molecule has 6 nitrogen and oxygen atoms in total. The fourth-order valence-corrected chi connectivity index (χ4v) is 3.85. The molecule has 0 aromatic rings. The third kappa shape index (κ3) is 5.95. The normalized spacial score (nSPS) is 19.8. The minimum Gasteiger partial charge on any atom is -0.247 e. The van der Waals surface area contributed by atoms with Crippen molar-refractivity contribution in [3.8, 4) is 0 Å². The van der Waals surface area contributed by atoms with Crippen molar-refractivity contribution in [2.45, 2.75) is 80.9 Å². The van der Waals surface area contributed by atoms with E-state index in [2.05, 4.69) is 13.8 Å². The largest absolute Gasteiger partial charge is 0.420 e. The summed E-state index contributed by atoms with van der Waals surface area (Å²) in [6.45, 7) is 18.1. The summed E-state index contributed by atoms with van der Waals surface area (Å²) >= 11 is 0. The second-order valence-electron chi connectivity index (χ2n) is 9.59. The van der Waals surface area contributed by atoms with Crippen molar-refractivity contribution in [1.82, 2.24) is 0 Å². The zero-order chi connectivity index (χ0) is 20.3. The van der Waals surface area contributed by atoms with Crippen molar-refractivity contribution in [2.24, 2.45) is 35.0 Å². The number of hydrogen-bond acceptors (Lipinski definition) is 6. The summed E-state index contributed by atoms with van der Waals surface area (Å²) in [5.74, 6) is -2.47. The van der Waals surface area contributed by atoms with Gasteiger partial charge in [-0.15, -0.1) is 0 Å². The van der Waals surface area contributed by atoms with Crippen LogP contribution in [0.4, 0.5) is 0 Å². The van der Waals surface area contributed by atoms with Crippen molar-refractivity contribution in [3.05, 3.63) is 0 Å². The smallest absolute Gasteiger partial charge is 0.247 e. The quantitative estimate of drug-likeness (QED) is 0.350.